The van der Waals surface area contributed by atoms with E-state index >= 15 is 0 Å². The summed E-state index contributed by atoms with van der Waals surface area (Å²) < 4.78 is 0. The molecule has 0 aromatic heterocycles. The Morgan fingerprint density at radius 2 is 1.94 bits per heavy atom. The standard InChI is InChI=1S/C14H29N3O/c1-5-17-8-6-12(7-9-17)16(4)14(18)13(15)10-11(2)3/h11-13H,5-10,15H2,1-4H3/t13-/m1/s1. The van der Waals surface area contributed by atoms with E-state index < -0.39 is 0 Å². The van der Waals surface area contributed by atoms with Crippen molar-refractivity contribution in [2.45, 2.75) is 52.1 Å². The van der Waals surface area contributed by atoms with Gasteiger partial charge in [-0.2, -0.15) is 0 Å². The smallest absolute Gasteiger partial charge is 0.239 e. The molecule has 1 amide bonds. The Bertz CT molecular complexity index is 260. The maximum absolute atomic E-state index is 12.2. The van der Waals surface area contributed by atoms with Crippen LogP contribution in [0.25, 0.3) is 0 Å². The van der Waals surface area contributed by atoms with Crippen LogP contribution >= 0.6 is 0 Å². The van der Waals surface area contributed by atoms with Gasteiger partial charge in [0, 0.05) is 26.2 Å². The van der Waals surface area contributed by atoms with Crippen molar-refractivity contribution in [3.05, 3.63) is 0 Å². The molecule has 0 radical (unpaired) electrons. The first-order valence-electron chi connectivity index (χ1n) is 7.20. The molecule has 0 bridgehead atoms. The SMILES string of the molecule is CCN1CCC(N(C)C(=O)[C@H](N)CC(C)C)CC1. The number of carbonyl (C=O) groups is 1. The van der Waals surface area contributed by atoms with E-state index in [1.54, 1.807) is 0 Å². The normalized spacial score (nSPS) is 20.1. The molecule has 4 heteroatoms. The van der Waals surface area contributed by atoms with E-state index in [1.807, 2.05) is 11.9 Å². The lowest BCUT2D eigenvalue weighted by Gasteiger charge is -2.37. The zero-order chi connectivity index (χ0) is 13.7. The molecule has 1 aliphatic heterocycles. The molecule has 1 saturated heterocycles. The highest BCUT2D eigenvalue weighted by Crippen LogP contribution is 2.16. The second-order valence-corrected chi connectivity index (χ2v) is 5.85. The summed E-state index contributed by atoms with van der Waals surface area (Å²) in [5.74, 6) is 0.581. The van der Waals surface area contributed by atoms with Gasteiger partial charge in [0.2, 0.25) is 5.91 Å². The fraction of sp³-hybridized carbons (Fsp3) is 0.929. The highest BCUT2D eigenvalue weighted by atomic mass is 16.2. The lowest BCUT2D eigenvalue weighted by atomic mass is 10.00. The number of nitrogens with two attached hydrogens (primary N) is 1. The van der Waals surface area contributed by atoms with Crippen molar-refractivity contribution in [2.75, 3.05) is 26.7 Å². The van der Waals surface area contributed by atoms with Gasteiger partial charge in [0.15, 0.2) is 0 Å². The van der Waals surface area contributed by atoms with Gasteiger partial charge < -0.3 is 15.5 Å². The van der Waals surface area contributed by atoms with Crippen LogP contribution in [0.1, 0.15) is 40.0 Å². The first-order valence-corrected chi connectivity index (χ1v) is 7.20. The lowest BCUT2D eigenvalue weighted by molar-refractivity contribution is -0.134. The van der Waals surface area contributed by atoms with E-state index in [1.165, 1.54) is 0 Å². The molecule has 0 aromatic rings. The fourth-order valence-corrected chi connectivity index (χ4v) is 2.67. The van der Waals surface area contributed by atoms with Gasteiger partial charge >= 0.3 is 0 Å². The van der Waals surface area contributed by atoms with Crippen LogP contribution in [-0.4, -0.2) is 54.5 Å². The van der Waals surface area contributed by atoms with Gasteiger partial charge in [0.1, 0.15) is 0 Å². The van der Waals surface area contributed by atoms with Crippen LogP contribution in [0.15, 0.2) is 0 Å². The highest BCUT2D eigenvalue weighted by molar-refractivity contribution is 5.81. The number of carbonyl (C=O) groups excluding carboxylic acids is 1. The Morgan fingerprint density at radius 3 is 2.39 bits per heavy atom. The van der Waals surface area contributed by atoms with E-state index in [0.29, 0.717) is 12.0 Å². The quantitative estimate of drug-likeness (QED) is 0.805. The summed E-state index contributed by atoms with van der Waals surface area (Å²) in [6.07, 6.45) is 2.92. The molecule has 0 saturated carbocycles. The number of hydrogen-bond acceptors (Lipinski definition) is 3. The zero-order valence-electron chi connectivity index (χ0n) is 12.4. The van der Waals surface area contributed by atoms with E-state index in [4.69, 9.17) is 5.73 Å². The molecule has 1 aliphatic rings. The molecular weight excluding hydrogens is 226 g/mol. The van der Waals surface area contributed by atoms with Crippen LogP contribution in [0.2, 0.25) is 0 Å². The first kappa shape index (κ1) is 15.4. The average Bonchev–Trinajstić information content (AvgIpc) is 2.36. The summed E-state index contributed by atoms with van der Waals surface area (Å²) in [5, 5.41) is 0. The molecule has 2 N–H and O–H groups in total. The van der Waals surface area contributed by atoms with Crippen LogP contribution < -0.4 is 5.73 Å². The predicted molar refractivity (Wildman–Crippen MR) is 75.3 cm³/mol. The first-order chi connectivity index (χ1) is 8.45. The second kappa shape index (κ2) is 7.10. The van der Waals surface area contributed by atoms with Gasteiger partial charge in [-0.3, -0.25) is 4.79 Å². The number of piperidine rings is 1. The minimum Gasteiger partial charge on any atom is -0.341 e. The molecule has 18 heavy (non-hydrogen) atoms. The molecule has 1 atom stereocenters. The van der Waals surface area contributed by atoms with E-state index in [0.717, 1.165) is 38.9 Å². The van der Waals surface area contributed by atoms with Crippen LogP contribution in [0.4, 0.5) is 0 Å². The third-order valence-corrected chi connectivity index (χ3v) is 3.94. The van der Waals surface area contributed by atoms with Gasteiger partial charge in [-0.05, 0) is 31.7 Å². The van der Waals surface area contributed by atoms with E-state index in [2.05, 4.69) is 25.7 Å². The lowest BCUT2D eigenvalue weighted by Crippen LogP contribution is -2.50. The molecule has 0 unspecified atom stereocenters. The molecule has 0 spiro atoms. The van der Waals surface area contributed by atoms with E-state index in [9.17, 15) is 4.79 Å². The van der Waals surface area contributed by atoms with Crippen molar-refractivity contribution < 1.29 is 4.79 Å². The molecule has 1 fully saturated rings. The summed E-state index contributed by atoms with van der Waals surface area (Å²) in [7, 11) is 1.91. The number of nitrogens with zero attached hydrogens (tertiary/aromatic N) is 2. The second-order valence-electron chi connectivity index (χ2n) is 5.85. The molecular formula is C14H29N3O. The van der Waals surface area contributed by atoms with Crippen molar-refractivity contribution in [3.8, 4) is 0 Å². The van der Waals surface area contributed by atoms with Gasteiger partial charge in [0.05, 0.1) is 6.04 Å². The van der Waals surface area contributed by atoms with Gasteiger partial charge in [-0.15, -0.1) is 0 Å². The molecule has 0 aromatic carbocycles. The predicted octanol–water partition coefficient (Wildman–Crippen LogP) is 1.30. The number of likely N-dealkylation sites (tertiary alicyclic amines) is 1. The minimum absolute atomic E-state index is 0.110. The Kier molecular flexibility index (Phi) is 6.09. The number of amides is 1. The Labute approximate surface area is 111 Å². The summed E-state index contributed by atoms with van der Waals surface area (Å²) >= 11 is 0. The van der Waals surface area contributed by atoms with Gasteiger partial charge in [0.25, 0.3) is 0 Å². The summed E-state index contributed by atoms with van der Waals surface area (Å²) in [4.78, 5) is 16.5. The van der Waals surface area contributed by atoms with Crippen molar-refractivity contribution in [1.29, 1.82) is 0 Å². The zero-order valence-corrected chi connectivity index (χ0v) is 12.4. The molecule has 106 valence electrons. The topological polar surface area (TPSA) is 49.6 Å². The molecule has 1 heterocycles. The van der Waals surface area contributed by atoms with Crippen LogP contribution in [0, 0.1) is 5.92 Å². The number of likely N-dealkylation sites (N-methyl/N-ethyl adjacent to an activating group) is 1. The Hall–Kier alpha value is -0.610. The number of hydrogen-bond donors (Lipinski definition) is 1. The van der Waals surface area contributed by atoms with Crippen molar-refractivity contribution in [2.24, 2.45) is 11.7 Å². The average molecular weight is 255 g/mol. The monoisotopic (exact) mass is 255 g/mol. The largest absolute Gasteiger partial charge is 0.341 e. The Balaban J connectivity index is 2.44. The van der Waals surface area contributed by atoms with E-state index in [-0.39, 0.29) is 11.9 Å². The molecule has 1 rings (SSSR count). The molecule has 4 nitrogen and oxygen atoms in total. The maximum Gasteiger partial charge on any atom is 0.239 e. The van der Waals surface area contributed by atoms with Crippen LogP contribution in [0.3, 0.4) is 0 Å². The summed E-state index contributed by atoms with van der Waals surface area (Å²) in [6.45, 7) is 9.70. The third-order valence-electron chi connectivity index (χ3n) is 3.94. The van der Waals surface area contributed by atoms with Crippen LogP contribution in [0.5, 0.6) is 0 Å². The van der Waals surface area contributed by atoms with Crippen molar-refractivity contribution >= 4 is 5.91 Å². The van der Waals surface area contributed by atoms with Crippen molar-refractivity contribution in [1.82, 2.24) is 9.80 Å². The van der Waals surface area contributed by atoms with Crippen LogP contribution in [-0.2, 0) is 4.79 Å². The van der Waals surface area contributed by atoms with Gasteiger partial charge in [-0.1, -0.05) is 20.8 Å². The fourth-order valence-electron chi connectivity index (χ4n) is 2.67. The third kappa shape index (κ3) is 4.25. The highest BCUT2D eigenvalue weighted by Gasteiger charge is 2.27. The number of rotatable bonds is 5. The Morgan fingerprint density at radius 1 is 1.39 bits per heavy atom. The maximum atomic E-state index is 12.2. The summed E-state index contributed by atoms with van der Waals surface area (Å²) in [6, 6.07) is 0.0396. The van der Waals surface area contributed by atoms with Crippen molar-refractivity contribution in [3.63, 3.8) is 0 Å². The summed E-state index contributed by atoms with van der Waals surface area (Å²) in [5.41, 5.74) is 5.98. The van der Waals surface area contributed by atoms with Gasteiger partial charge in [-0.25, -0.2) is 0 Å². The minimum atomic E-state index is -0.334. The molecule has 0 aliphatic carbocycles.